The summed E-state index contributed by atoms with van der Waals surface area (Å²) in [5, 5.41) is 0. The molecule has 0 aliphatic rings. The molecule has 0 N–H and O–H groups in total. The Labute approximate surface area is 254 Å². The summed E-state index contributed by atoms with van der Waals surface area (Å²) in [7, 11) is 0. The lowest BCUT2D eigenvalue weighted by atomic mass is 10.1. The largest absolute Gasteiger partial charge is 0.460 e. The zero-order valence-corrected chi connectivity index (χ0v) is 26.2. The first-order valence-corrected chi connectivity index (χ1v) is 16.1. The third-order valence-electron chi connectivity index (χ3n) is 6.34. The molecular weight excluding hydrogens is 540 g/mol. The fourth-order valence-electron chi connectivity index (χ4n) is 3.96. The van der Waals surface area contributed by atoms with E-state index in [1.54, 1.807) is 24.3 Å². The molecule has 0 saturated heterocycles. The Morgan fingerprint density at radius 2 is 0.762 bits per heavy atom. The minimum atomic E-state index is -0.347. The standard InChI is InChI=1S/C33H58O9/c1-2-3-4-5-6-7-8-9-10-14-17-35-18-19-36-20-21-37-22-23-38-24-25-39-26-27-40-28-29-41-30-31-42-33(34)32-15-12-11-13-16-32/h11-13,15-16H,2-10,14,17-31H2,1H3. The Morgan fingerprint density at radius 1 is 0.429 bits per heavy atom. The monoisotopic (exact) mass is 598 g/mol. The van der Waals surface area contributed by atoms with Gasteiger partial charge in [0.15, 0.2) is 0 Å². The highest BCUT2D eigenvalue weighted by molar-refractivity contribution is 5.89. The molecule has 1 aromatic rings. The Morgan fingerprint density at radius 3 is 1.17 bits per heavy atom. The highest BCUT2D eigenvalue weighted by atomic mass is 16.6. The minimum Gasteiger partial charge on any atom is -0.460 e. The summed E-state index contributed by atoms with van der Waals surface area (Å²) in [5.74, 6) is -0.347. The van der Waals surface area contributed by atoms with E-state index < -0.39 is 0 Å². The Balaban J connectivity index is 1.64. The molecule has 9 nitrogen and oxygen atoms in total. The molecule has 0 fully saturated rings. The van der Waals surface area contributed by atoms with Gasteiger partial charge in [-0.1, -0.05) is 82.9 Å². The molecule has 1 rings (SSSR count). The molecule has 0 atom stereocenters. The smallest absolute Gasteiger partial charge is 0.338 e. The number of carbonyl (C=O) groups is 1. The van der Waals surface area contributed by atoms with Gasteiger partial charge in [0.1, 0.15) is 6.61 Å². The van der Waals surface area contributed by atoms with Crippen molar-refractivity contribution in [2.45, 2.75) is 71.1 Å². The summed E-state index contributed by atoms with van der Waals surface area (Å²) < 4.78 is 43.6. The summed E-state index contributed by atoms with van der Waals surface area (Å²) in [6.45, 7) is 9.98. The lowest BCUT2D eigenvalue weighted by Crippen LogP contribution is -2.15. The van der Waals surface area contributed by atoms with Gasteiger partial charge in [-0.2, -0.15) is 0 Å². The fourth-order valence-corrected chi connectivity index (χ4v) is 3.96. The van der Waals surface area contributed by atoms with E-state index in [4.69, 9.17) is 37.9 Å². The summed E-state index contributed by atoms with van der Waals surface area (Å²) in [4.78, 5) is 11.8. The second-order valence-electron chi connectivity index (χ2n) is 9.97. The van der Waals surface area contributed by atoms with Crippen LogP contribution in [0, 0.1) is 0 Å². The zero-order valence-electron chi connectivity index (χ0n) is 26.2. The van der Waals surface area contributed by atoms with Crippen molar-refractivity contribution in [3.05, 3.63) is 35.9 Å². The molecule has 0 spiro atoms. The van der Waals surface area contributed by atoms with Gasteiger partial charge < -0.3 is 37.9 Å². The Bertz CT molecular complexity index is 675. The minimum absolute atomic E-state index is 0.213. The van der Waals surface area contributed by atoms with Gasteiger partial charge in [-0.15, -0.1) is 0 Å². The van der Waals surface area contributed by atoms with Crippen molar-refractivity contribution in [3.8, 4) is 0 Å². The molecule has 0 aliphatic heterocycles. The van der Waals surface area contributed by atoms with E-state index in [1.807, 2.05) is 6.07 Å². The quantitative estimate of drug-likeness (QED) is 0.0727. The first-order valence-electron chi connectivity index (χ1n) is 16.1. The van der Waals surface area contributed by atoms with Gasteiger partial charge in [-0.3, -0.25) is 0 Å². The lowest BCUT2D eigenvalue weighted by molar-refractivity contribution is -0.0223. The van der Waals surface area contributed by atoms with Crippen molar-refractivity contribution in [1.82, 2.24) is 0 Å². The molecular formula is C33H58O9. The van der Waals surface area contributed by atoms with Crippen LogP contribution in [0.3, 0.4) is 0 Å². The van der Waals surface area contributed by atoms with Gasteiger partial charge in [0.25, 0.3) is 0 Å². The van der Waals surface area contributed by atoms with Gasteiger partial charge in [0, 0.05) is 6.61 Å². The van der Waals surface area contributed by atoms with Crippen LogP contribution in [-0.2, 0) is 37.9 Å². The van der Waals surface area contributed by atoms with E-state index in [9.17, 15) is 4.79 Å². The SMILES string of the molecule is CCCCCCCCCCCCOCCOCCOCCOCCOCCOCCOCCOC(=O)c1ccccc1. The van der Waals surface area contributed by atoms with E-state index in [1.165, 1.54) is 57.8 Å². The van der Waals surface area contributed by atoms with Gasteiger partial charge >= 0.3 is 5.97 Å². The highest BCUT2D eigenvalue weighted by Gasteiger charge is 2.05. The normalized spacial score (nSPS) is 11.3. The molecule has 1 aromatic carbocycles. The molecule has 0 amide bonds. The molecule has 0 aliphatic carbocycles. The van der Waals surface area contributed by atoms with E-state index in [0.29, 0.717) is 91.5 Å². The number of benzene rings is 1. The number of carbonyl (C=O) groups excluding carboxylic acids is 1. The lowest BCUT2D eigenvalue weighted by Gasteiger charge is -2.09. The van der Waals surface area contributed by atoms with Crippen molar-refractivity contribution in [3.63, 3.8) is 0 Å². The highest BCUT2D eigenvalue weighted by Crippen LogP contribution is 2.10. The third-order valence-corrected chi connectivity index (χ3v) is 6.34. The molecule has 0 bridgehead atoms. The van der Waals surface area contributed by atoms with Crippen molar-refractivity contribution in [2.24, 2.45) is 0 Å². The number of hydrogen-bond donors (Lipinski definition) is 0. The van der Waals surface area contributed by atoms with E-state index in [-0.39, 0.29) is 12.6 Å². The summed E-state index contributed by atoms with van der Waals surface area (Å²) in [6.07, 6.45) is 13.4. The predicted molar refractivity (Wildman–Crippen MR) is 164 cm³/mol. The van der Waals surface area contributed by atoms with E-state index in [0.717, 1.165) is 13.0 Å². The zero-order chi connectivity index (χ0) is 30.0. The second kappa shape index (κ2) is 32.3. The first-order chi connectivity index (χ1) is 20.8. The third kappa shape index (κ3) is 27.3. The van der Waals surface area contributed by atoms with E-state index >= 15 is 0 Å². The Kier molecular flexibility index (Phi) is 29.6. The summed E-state index contributed by atoms with van der Waals surface area (Å²) >= 11 is 0. The van der Waals surface area contributed by atoms with Crippen molar-refractivity contribution in [2.75, 3.05) is 99.1 Å². The second-order valence-corrected chi connectivity index (χ2v) is 9.97. The predicted octanol–water partition coefficient (Wildman–Crippen LogP) is 5.88. The Hall–Kier alpha value is -1.59. The number of unbranched alkanes of at least 4 members (excludes halogenated alkanes) is 9. The van der Waals surface area contributed by atoms with Crippen molar-refractivity contribution in [1.29, 1.82) is 0 Å². The molecule has 42 heavy (non-hydrogen) atoms. The number of rotatable bonds is 33. The van der Waals surface area contributed by atoms with Crippen LogP contribution in [0.5, 0.6) is 0 Å². The van der Waals surface area contributed by atoms with Gasteiger partial charge in [-0.25, -0.2) is 4.79 Å². The van der Waals surface area contributed by atoms with Gasteiger partial charge in [-0.05, 0) is 18.6 Å². The molecule has 0 unspecified atom stereocenters. The van der Waals surface area contributed by atoms with Crippen LogP contribution in [0.25, 0.3) is 0 Å². The first kappa shape index (κ1) is 38.4. The number of ether oxygens (including phenoxy) is 8. The van der Waals surface area contributed by atoms with Gasteiger partial charge in [0.05, 0.1) is 91.5 Å². The average Bonchev–Trinajstić information content (AvgIpc) is 3.02. The number of esters is 1. The molecule has 9 heteroatoms. The van der Waals surface area contributed by atoms with Crippen LogP contribution in [-0.4, -0.2) is 105 Å². The average molecular weight is 599 g/mol. The van der Waals surface area contributed by atoms with Crippen LogP contribution in [0.2, 0.25) is 0 Å². The molecule has 0 aromatic heterocycles. The van der Waals surface area contributed by atoms with Gasteiger partial charge in [0.2, 0.25) is 0 Å². The summed E-state index contributed by atoms with van der Waals surface area (Å²) in [5.41, 5.74) is 0.534. The molecule has 0 radical (unpaired) electrons. The summed E-state index contributed by atoms with van der Waals surface area (Å²) in [6, 6.07) is 8.89. The van der Waals surface area contributed by atoms with E-state index in [2.05, 4.69) is 6.92 Å². The molecule has 0 heterocycles. The van der Waals surface area contributed by atoms with Crippen LogP contribution >= 0.6 is 0 Å². The van der Waals surface area contributed by atoms with Crippen molar-refractivity contribution >= 4 is 5.97 Å². The maximum atomic E-state index is 11.8. The van der Waals surface area contributed by atoms with Crippen LogP contribution in [0.4, 0.5) is 0 Å². The van der Waals surface area contributed by atoms with Crippen LogP contribution in [0.1, 0.15) is 81.5 Å². The maximum absolute atomic E-state index is 11.8. The maximum Gasteiger partial charge on any atom is 0.338 e. The molecule has 0 saturated carbocycles. The van der Waals surface area contributed by atoms with Crippen LogP contribution in [0.15, 0.2) is 30.3 Å². The fraction of sp³-hybridized carbons (Fsp3) is 0.788. The van der Waals surface area contributed by atoms with Crippen LogP contribution < -0.4 is 0 Å². The molecule has 244 valence electrons. The van der Waals surface area contributed by atoms with Crippen molar-refractivity contribution < 1.29 is 42.7 Å². The number of hydrogen-bond acceptors (Lipinski definition) is 9. The topological polar surface area (TPSA) is 90.9 Å².